The summed E-state index contributed by atoms with van der Waals surface area (Å²) in [4.78, 5) is 4.13. The quantitative estimate of drug-likeness (QED) is 0.710. The zero-order chi connectivity index (χ0) is 10.2. The molecule has 1 heterocycles. The Labute approximate surface area is 84.4 Å². The van der Waals surface area contributed by atoms with Gasteiger partial charge in [-0.1, -0.05) is 6.07 Å². The number of rotatable bonds is 6. The fourth-order valence-corrected chi connectivity index (χ4v) is 1.38. The highest BCUT2D eigenvalue weighted by molar-refractivity contribution is 5.18. The molecule has 2 N–H and O–H groups in total. The second-order valence-corrected chi connectivity index (χ2v) is 3.36. The Bertz CT molecular complexity index is 240. The van der Waals surface area contributed by atoms with Gasteiger partial charge in [0.05, 0.1) is 0 Å². The molecule has 0 aromatic carbocycles. The Morgan fingerprint density at radius 2 is 1.43 bits per heavy atom. The summed E-state index contributed by atoms with van der Waals surface area (Å²) in [6.07, 6.45) is 6.97. The van der Waals surface area contributed by atoms with Crippen molar-refractivity contribution in [3.05, 3.63) is 29.6 Å². The van der Waals surface area contributed by atoms with Crippen molar-refractivity contribution in [2.24, 2.45) is 0 Å². The second kappa shape index (κ2) is 6.51. The highest BCUT2D eigenvalue weighted by Crippen LogP contribution is 2.07. The van der Waals surface area contributed by atoms with Crippen LogP contribution in [0.5, 0.6) is 0 Å². The molecule has 0 fully saturated rings. The smallest absolute Gasteiger partial charge is 0.0434 e. The van der Waals surface area contributed by atoms with Crippen LogP contribution in [0, 0.1) is 0 Å². The van der Waals surface area contributed by atoms with Gasteiger partial charge >= 0.3 is 0 Å². The first-order chi connectivity index (χ1) is 6.86. The van der Waals surface area contributed by atoms with Crippen LogP contribution in [0.4, 0.5) is 0 Å². The van der Waals surface area contributed by atoms with E-state index in [0.29, 0.717) is 0 Å². The maximum absolute atomic E-state index is 8.68. The molecule has 0 atom stereocenters. The van der Waals surface area contributed by atoms with Crippen LogP contribution in [-0.4, -0.2) is 28.4 Å². The van der Waals surface area contributed by atoms with Crippen LogP contribution in [0.15, 0.2) is 18.5 Å². The van der Waals surface area contributed by atoms with Gasteiger partial charge in [-0.15, -0.1) is 0 Å². The van der Waals surface area contributed by atoms with Crippen LogP contribution < -0.4 is 0 Å². The molecule has 1 aromatic heterocycles. The van der Waals surface area contributed by atoms with Crippen molar-refractivity contribution in [2.45, 2.75) is 25.7 Å². The summed E-state index contributed by atoms with van der Waals surface area (Å²) >= 11 is 0. The number of pyridine rings is 1. The minimum Gasteiger partial charge on any atom is -0.396 e. The van der Waals surface area contributed by atoms with E-state index in [2.05, 4.69) is 11.1 Å². The van der Waals surface area contributed by atoms with E-state index in [9.17, 15) is 0 Å². The fourth-order valence-electron chi connectivity index (χ4n) is 1.38. The lowest BCUT2D eigenvalue weighted by Crippen LogP contribution is -1.95. The molecule has 0 saturated heterocycles. The third kappa shape index (κ3) is 3.85. The van der Waals surface area contributed by atoms with Gasteiger partial charge in [0, 0.05) is 25.6 Å². The summed E-state index contributed by atoms with van der Waals surface area (Å²) in [5.41, 5.74) is 2.32. The van der Waals surface area contributed by atoms with Crippen LogP contribution in [0.3, 0.4) is 0 Å². The molecule has 0 aliphatic carbocycles. The summed E-state index contributed by atoms with van der Waals surface area (Å²) < 4.78 is 0. The molecule has 0 saturated carbocycles. The minimum absolute atomic E-state index is 0.223. The molecule has 0 aliphatic rings. The number of hydrogen-bond acceptors (Lipinski definition) is 3. The summed E-state index contributed by atoms with van der Waals surface area (Å²) in [6.45, 7) is 0.446. The first-order valence-corrected chi connectivity index (χ1v) is 5.01. The Hall–Kier alpha value is -0.930. The SMILES string of the molecule is OCCCc1cncc(CCCO)c1. The Morgan fingerprint density at radius 3 is 1.86 bits per heavy atom. The molecular formula is C11H17NO2. The fraction of sp³-hybridized carbons (Fsp3) is 0.545. The van der Waals surface area contributed by atoms with E-state index < -0.39 is 0 Å². The number of aliphatic hydroxyl groups excluding tert-OH is 2. The van der Waals surface area contributed by atoms with Crippen molar-refractivity contribution in [2.75, 3.05) is 13.2 Å². The zero-order valence-corrected chi connectivity index (χ0v) is 8.32. The molecule has 78 valence electrons. The minimum atomic E-state index is 0.223. The van der Waals surface area contributed by atoms with Gasteiger partial charge in [-0.25, -0.2) is 0 Å². The van der Waals surface area contributed by atoms with Crippen molar-refractivity contribution < 1.29 is 10.2 Å². The molecular weight excluding hydrogens is 178 g/mol. The standard InChI is InChI=1S/C11H17NO2/c13-5-1-3-10-7-11(4-2-6-14)9-12-8-10/h7-9,13-14H,1-6H2. The highest BCUT2D eigenvalue weighted by atomic mass is 16.3. The van der Waals surface area contributed by atoms with Gasteiger partial charge in [-0.2, -0.15) is 0 Å². The average molecular weight is 195 g/mol. The molecule has 1 rings (SSSR count). The number of aliphatic hydroxyl groups is 2. The molecule has 0 unspecified atom stereocenters. The number of hydrogen-bond donors (Lipinski definition) is 2. The van der Waals surface area contributed by atoms with Crippen molar-refractivity contribution in [3.63, 3.8) is 0 Å². The van der Waals surface area contributed by atoms with Crippen molar-refractivity contribution in [1.82, 2.24) is 4.98 Å². The highest BCUT2D eigenvalue weighted by Gasteiger charge is 1.97. The molecule has 3 heteroatoms. The van der Waals surface area contributed by atoms with E-state index in [0.717, 1.165) is 36.8 Å². The monoisotopic (exact) mass is 195 g/mol. The van der Waals surface area contributed by atoms with E-state index in [1.807, 2.05) is 12.4 Å². The summed E-state index contributed by atoms with van der Waals surface area (Å²) in [7, 11) is 0. The lowest BCUT2D eigenvalue weighted by molar-refractivity contribution is 0.288. The van der Waals surface area contributed by atoms with Gasteiger partial charge in [0.25, 0.3) is 0 Å². The number of aromatic nitrogens is 1. The normalized spacial score (nSPS) is 10.4. The molecule has 0 radical (unpaired) electrons. The topological polar surface area (TPSA) is 53.4 Å². The van der Waals surface area contributed by atoms with E-state index in [-0.39, 0.29) is 13.2 Å². The number of aryl methyl sites for hydroxylation is 2. The summed E-state index contributed by atoms with van der Waals surface area (Å²) in [6, 6.07) is 2.10. The predicted molar refractivity (Wildman–Crippen MR) is 55.1 cm³/mol. The summed E-state index contributed by atoms with van der Waals surface area (Å²) in [5.74, 6) is 0. The third-order valence-corrected chi connectivity index (χ3v) is 2.10. The van der Waals surface area contributed by atoms with Gasteiger partial charge < -0.3 is 10.2 Å². The molecule has 0 aliphatic heterocycles. The Balaban J connectivity index is 2.50. The van der Waals surface area contributed by atoms with Crippen LogP contribution in [0.2, 0.25) is 0 Å². The van der Waals surface area contributed by atoms with Gasteiger partial charge in [-0.3, -0.25) is 4.98 Å². The first-order valence-electron chi connectivity index (χ1n) is 5.01. The summed E-state index contributed by atoms with van der Waals surface area (Å²) in [5, 5.41) is 17.4. The van der Waals surface area contributed by atoms with Crippen molar-refractivity contribution in [1.29, 1.82) is 0 Å². The van der Waals surface area contributed by atoms with Crippen LogP contribution in [0.1, 0.15) is 24.0 Å². The maximum Gasteiger partial charge on any atom is 0.0434 e. The molecule has 0 amide bonds. The molecule has 3 nitrogen and oxygen atoms in total. The second-order valence-electron chi connectivity index (χ2n) is 3.36. The van der Waals surface area contributed by atoms with Crippen molar-refractivity contribution in [3.8, 4) is 0 Å². The van der Waals surface area contributed by atoms with E-state index in [1.54, 1.807) is 0 Å². The Morgan fingerprint density at radius 1 is 0.929 bits per heavy atom. The molecule has 1 aromatic rings. The van der Waals surface area contributed by atoms with E-state index >= 15 is 0 Å². The van der Waals surface area contributed by atoms with Crippen LogP contribution >= 0.6 is 0 Å². The third-order valence-electron chi connectivity index (χ3n) is 2.10. The van der Waals surface area contributed by atoms with E-state index in [4.69, 9.17) is 10.2 Å². The average Bonchev–Trinajstić information content (AvgIpc) is 2.24. The predicted octanol–water partition coefficient (Wildman–Crippen LogP) is 0.931. The molecule has 14 heavy (non-hydrogen) atoms. The molecule has 0 bridgehead atoms. The van der Waals surface area contributed by atoms with Crippen molar-refractivity contribution >= 4 is 0 Å². The molecule has 0 spiro atoms. The van der Waals surface area contributed by atoms with Gasteiger partial charge in [0.15, 0.2) is 0 Å². The van der Waals surface area contributed by atoms with E-state index in [1.165, 1.54) is 0 Å². The largest absolute Gasteiger partial charge is 0.396 e. The van der Waals surface area contributed by atoms with Crippen LogP contribution in [0.25, 0.3) is 0 Å². The van der Waals surface area contributed by atoms with Gasteiger partial charge in [0.1, 0.15) is 0 Å². The number of nitrogens with zero attached hydrogens (tertiary/aromatic N) is 1. The first kappa shape index (κ1) is 11.1. The van der Waals surface area contributed by atoms with Crippen LogP contribution in [-0.2, 0) is 12.8 Å². The lowest BCUT2D eigenvalue weighted by Gasteiger charge is -2.02. The van der Waals surface area contributed by atoms with Gasteiger partial charge in [-0.05, 0) is 36.8 Å². The maximum atomic E-state index is 8.68. The zero-order valence-electron chi connectivity index (χ0n) is 8.32. The lowest BCUT2D eigenvalue weighted by atomic mass is 10.1. The van der Waals surface area contributed by atoms with Gasteiger partial charge in [0.2, 0.25) is 0 Å². The Kier molecular flexibility index (Phi) is 5.19.